The number of thiophene rings is 1. The lowest BCUT2D eigenvalue weighted by Gasteiger charge is -2.33. The van der Waals surface area contributed by atoms with Gasteiger partial charge >= 0.3 is 5.97 Å². The van der Waals surface area contributed by atoms with Crippen LogP contribution in [0.2, 0.25) is 5.02 Å². The van der Waals surface area contributed by atoms with E-state index in [-0.39, 0.29) is 17.9 Å². The van der Waals surface area contributed by atoms with Crippen molar-refractivity contribution in [1.29, 1.82) is 0 Å². The number of carbonyl (C=O) groups is 2. The Bertz CT molecular complexity index is 867. The number of nitrogens with zero attached hydrogens (tertiary/aromatic N) is 1. The number of hydrogen-bond acceptors (Lipinski definition) is 4. The van der Waals surface area contributed by atoms with Crippen LogP contribution in [0.5, 0.6) is 0 Å². The van der Waals surface area contributed by atoms with Gasteiger partial charge in [-0.3, -0.25) is 4.79 Å². The first-order valence-corrected chi connectivity index (χ1v) is 11.3. The molecule has 6 heteroatoms. The van der Waals surface area contributed by atoms with E-state index in [0.717, 1.165) is 36.1 Å². The van der Waals surface area contributed by atoms with E-state index in [1.165, 1.54) is 18.4 Å². The lowest BCUT2D eigenvalue weighted by Crippen LogP contribution is -2.42. The molecule has 0 radical (unpaired) electrons. The van der Waals surface area contributed by atoms with Crippen LogP contribution in [0.15, 0.2) is 30.3 Å². The highest BCUT2D eigenvalue weighted by Crippen LogP contribution is 2.40. The minimum atomic E-state index is -0.416. The maximum absolute atomic E-state index is 13.5. The fourth-order valence-electron chi connectivity index (χ4n) is 3.91. The molecule has 0 unspecified atom stereocenters. The first-order chi connectivity index (χ1) is 13.8. The zero-order chi connectivity index (χ0) is 21.1. The molecule has 29 heavy (non-hydrogen) atoms. The minimum Gasteiger partial charge on any atom is -0.465 e. The smallest absolute Gasteiger partial charge is 0.350 e. The molecule has 1 heterocycles. The van der Waals surface area contributed by atoms with Gasteiger partial charge in [0.05, 0.1) is 12.8 Å². The molecule has 1 fully saturated rings. The van der Waals surface area contributed by atoms with Gasteiger partial charge in [0, 0.05) is 21.9 Å². The number of benzene rings is 1. The van der Waals surface area contributed by atoms with Gasteiger partial charge in [-0.2, -0.15) is 0 Å². The second-order valence-corrected chi connectivity index (χ2v) is 9.57. The van der Waals surface area contributed by atoms with Crippen molar-refractivity contribution in [2.75, 3.05) is 12.0 Å². The van der Waals surface area contributed by atoms with Crippen LogP contribution in [-0.4, -0.2) is 25.0 Å². The normalized spacial score (nSPS) is 19.2. The minimum absolute atomic E-state index is 0.0120. The van der Waals surface area contributed by atoms with Gasteiger partial charge in [0.25, 0.3) is 0 Å². The van der Waals surface area contributed by atoms with Gasteiger partial charge in [-0.05, 0) is 69.2 Å². The van der Waals surface area contributed by atoms with Gasteiger partial charge in [0.2, 0.25) is 5.91 Å². The fourth-order valence-corrected chi connectivity index (χ4v) is 5.11. The summed E-state index contributed by atoms with van der Waals surface area (Å²) < 4.78 is 5.03. The highest BCUT2D eigenvalue weighted by atomic mass is 35.5. The monoisotopic (exact) mass is 433 g/mol. The molecule has 0 atom stereocenters. The molecule has 3 rings (SSSR count). The van der Waals surface area contributed by atoms with E-state index in [9.17, 15) is 9.59 Å². The summed E-state index contributed by atoms with van der Waals surface area (Å²) in [5.74, 6) is 0.381. The highest BCUT2D eigenvalue weighted by molar-refractivity contribution is 7.18. The van der Waals surface area contributed by atoms with Crippen LogP contribution in [0.4, 0.5) is 5.69 Å². The van der Waals surface area contributed by atoms with Gasteiger partial charge < -0.3 is 9.64 Å². The van der Waals surface area contributed by atoms with Crippen LogP contribution in [0, 0.1) is 11.8 Å². The van der Waals surface area contributed by atoms with Crippen LogP contribution < -0.4 is 4.90 Å². The number of esters is 1. The number of halogens is 1. The number of rotatable bonds is 5. The lowest BCUT2D eigenvalue weighted by atomic mass is 9.82. The Labute approximate surface area is 181 Å². The summed E-state index contributed by atoms with van der Waals surface area (Å²) in [6, 6.07) is 9.36. The zero-order valence-corrected chi connectivity index (χ0v) is 19.0. The maximum Gasteiger partial charge on any atom is 0.350 e. The summed E-state index contributed by atoms with van der Waals surface area (Å²) in [5, 5.41) is 0.657. The molecule has 1 amide bonds. The summed E-state index contributed by atoms with van der Waals surface area (Å²) in [5.41, 5.74) is 1.60. The first kappa shape index (κ1) is 21.8. The third-order valence-corrected chi connectivity index (χ3v) is 7.00. The van der Waals surface area contributed by atoms with Gasteiger partial charge in [0.15, 0.2) is 0 Å². The lowest BCUT2D eigenvalue weighted by molar-refractivity contribution is -0.123. The van der Waals surface area contributed by atoms with Crippen molar-refractivity contribution in [3.05, 3.63) is 40.2 Å². The Morgan fingerprint density at radius 1 is 1.14 bits per heavy atom. The molecule has 2 aromatic rings. The summed E-state index contributed by atoms with van der Waals surface area (Å²) in [6.07, 6.45) is 3.97. The molecule has 1 aliphatic rings. The van der Waals surface area contributed by atoms with Crippen molar-refractivity contribution in [1.82, 2.24) is 0 Å². The Hall–Kier alpha value is -1.85. The van der Waals surface area contributed by atoms with Crippen LogP contribution in [0.25, 0.3) is 10.4 Å². The van der Waals surface area contributed by atoms with E-state index in [4.69, 9.17) is 16.3 Å². The van der Waals surface area contributed by atoms with Crippen molar-refractivity contribution in [2.45, 2.75) is 52.5 Å². The Balaban J connectivity index is 2.01. The largest absolute Gasteiger partial charge is 0.465 e. The average Bonchev–Trinajstić information content (AvgIpc) is 3.13. The van der Waals surface area contributed by atoms with Crippen molar-refractivity contribution >= 4 is 40.5 Å². The second-order valence-electron chi connectivity index (χ2n) is 8.08. The molecule has 1 aromatic heterocycles. The zero-order valence-electron chi connectivity index (χ0n) is 17.4. The molecule has 0 saturated heterocycles. The Morgan fingerprint density at radius 2 is 1.76 bits per heavy atom. The van der Waals surface area contributed by atoms with Gasteiger partial charge in [-0.1, -0.05) is 30.7 Å². The molecule has 0 bridgehead atoms. The molecule has 0 N–H and O–H groups in total. The molecule has 0 aliphatic heterocycles. The van der Waals surface area contributed by atoms with Crippen LogP contribution in [0.1, 0.15) is 56.1 Å². The average molecular weight is 434 g/mol. The number of anilines is 1. The number of ether oxygens (including phenoxy) is 1. The molecular formula is C23H28ClNO3S. The summed E-state index contributed by atoms with van der Waals surface area (Å²) in [6.45, 7) is 6.22. The van der Waals surface area contributed by atoms with Crippen LogP contribution in [0.3, 0.4) is 0 Å². The van der Waals surface area contributed by atoms with Crippen molar-refractivity contribution in [3.63, 3.8) is 0 Å². The third kappa shape index (κ3) is 4.84. The molecular weight excluding hydrogens is 406 g/mol. The van der Waals surface area contributed by atoms with E-state index in [0.29, 0.717) is 21.5 Å². The fraction of sp³-hybridized carbons (Fsp3) is 0.478. The van der Waals surface area contributed by atoms with Crippen molar-refractivity contribution in [2.24, 2.45) is 11.8 Å². The standard InChI is InChI=1S/C23H28ClNO3S/c1-14(2)25(22(26)17-7-5-15(3)6-8-17)19-13-20(29-21(19)23(27)28-4)16-9-11-18(24)12-10-16/h9-15,17H,5-8H2,1-4H3. The predicted molar refractivity (Wildman–Crippen MR) is 120 cm³/mol. The SMILES string of the molecule is COC(=O)c1sc(-c2ccc(Cl)cc2)cc1N(C(=O)C1CCC(C)CC1)C(C)C. The molecule has 1 saturated carbocycles. The second kappa shape index (κ2) is 9.31. The summed E-state index contributed by atoms with van der Waals surface area (Å²) >= 11 is 7.36. The van der Waals surface area contributed by atoms with E-state index < -0.39 is 5.97 Å². The Morgan fingerprint density at radius 3 is 2.31 bits per heavy atom. The van der Waals surface area contributed by atoms with Crippen molar-refractivity contribution < 1.29 is 14.3 Å². The Kier molecular flexibility index (Phi) is 7.01. The molecule has 4 nitrogen and oxygen atoms in total. The van der Waals surface area contributed by atoms with Crippen LogP contribution >= 0.6 is 22.9 Å². The number of methoxy groups -OCH3 is 1. The predicted octanol–water partition coefficient (Wildman–Crippen LogP) is 6.42. The summed E-state index contributed by atoms with van der Waals surface area (Å²) in [7, 11) is 1.37. The third-order valence-electron chi connectivity index (χ3n) is 5.59. The number of carbonyl (C=O) groups excluding carboxylic acids is 2. The molecule has 0 spiro atoms. The quantitative estimate of drug-likeness (QED) is 0.511. The van der Waals surface area contributed by atoms with E-state index in [1.54, 1.807) is 4.90 Å². The van der Waals surface area contributed by atoms with Gasteiger partial charge in [-0.15, -0.1) is 11.3 Å². The number of amides is 1. The van der Waals surface area contributed by atoms with Gasteiger partial charge in [0.1, 0.15) is 4.88 Å². The topological polar surface area (TPSA) is 46.6 Å². The van der Waals surface area contributed by atoms with E-state index in [1.807, 2.05) is 44.2 Å². The maximum atomic E-state index is 13.5. The molecule has 1 aliphatic carbocycles. The van der Waals surface area contributed by atoms with Crippen LogP contribution in [-0.2, 0) is 9.53 Å². The molecule has 1 aromatic carbocycles. The van der Waals surface area contributed by atoms with Gasteiger partial charge in [-0.25, -0.2) is 4.79 Å². The van der Waals surface area contributed by atoms with E-state index >= 15 is 0 Å². The van der Waals surface area contributed by atoms with Crippen molar-refractivity contribution in [3.8, 4) is 10.4 Å². The highest BCUT2D eigenvalue weighted by Gasteiger charge is 2.33. The first-order valence-electron chi connectivity index (χ1n) is 10.1. The molecule has 156 valence electrons. The number of hydrogen-bond donors (Lipinski definition) is 0. The summed E-state index contributed by atoms with van der Waals surface area (Å²) in [4.78, 5) is 29.2. The van der Waals surface area contributed by atoms with E-state index in [2.05, 4.69) is 6.92 Å².